The molecule has 0 saturated heterocycles. The van der Waals surface area contributed by atoms with Gasteiger partial charge in [0.2, 0.25) is 5.91 Å². The summed E-state index contributed by atoms with van der Waals surface area (Å²) in [4.78, 5) is 41.6. The summed E-state index contributed by atoms with van der Waals surface area (Å²) in [6.45, 7) is 2.00. The minimum Gasteiger partial charge on any atom is -0.497 e. The van der Waals surface area contributed by atoms with Gasteiger partial charge in [-0.05, 0) is 72.2 Å². The zero-order chi connectivity index (χ0) is 37.2. The minimum atomic E-state index is -0.688. The maximum atomic E-state index is 14.0. The van der Waals surface area contributed by atoms with E-state index in [1.807, 2.05) is 79.0 Å². The van der Waals surface area contributed by atoms with Crippen LogP contribution in [-0.4, -0.2) is 24.8 Å². The lowest BCUT2D eigenvalue weighted by Gasteiger charge is -2.17. The molecule has 53 heavy (non-hydrogen) atoms. The van der Waals surface area contributed by atoms with E-state index in [9.17, 15) is 19.6 Å². The Hall–Kier alpha value is -6.41. The first-order valence-corrected chi connectivity index (χ1v) is 18.3. The summed E-state index contributed by atoms with van der Waals surface area (Å²) < 4.78 is 5.34. The number of carbonyl (C=O) groups excluding carboxylic acids is 3. The maximum Gasteiger partial charge on any atom is 0.272 e. The first kappa shape index (κ1) is 36.4. The first-order chi connectivity index (χ1) is 25.8. The number of nitrogens with one attached hydrogen (secondary N) is 3. The van der Waals surface area contributed by atoms with Gasteiger partial charge in [-0.15, -0.1) is 23.1 Å². The molecule has 10 heteroatoms. The summed E-state index contributed by atoms with van der Waals surface area (Å²) >= 11 is 2.62. The predicted molar refractivity (Wildman–Crippen MR) is 213 cm³/mol. The average Bonchev–Trinajstić information content (AvgIpc) is 3.59. The molecular weight excluding hydrogens is 701 g/mol. The van der Waals surface area contributed by atoms with Gasteiger partial charge in [0, 0.05) is 27.1 Å². The van der Waals surface area contributed by atoms with E-state index in [1.165, 1.54) is 23.1 Å². The predicted octanol–water partition coefficient (Wildman–Crippen LogP) is 9.49. The molecule has 5 aromatic carbocycles. The molecule has 8 nitrogen and oxygen atoms in total. The number of thioether (sulfide) groups is 1. The van der Waals surface area contributed by atoms with E-state index in [1.54, 1.807) is 79.9 Å². The van der Waals surface area contributed by atoms with Crippen molar-refractivity contribution < 1.29 is 19.1 Å². The third-order valence-corrected chi connectivity index (χ3v) is 10.3. The fourth-order valence-electron chi connectivity index (χ4n) is 5.41. The number of methoxy groups -OCH3 is 1. The number of amides is 3. The maximum absolute atomic E-state index is 14.0. The van der Waals surface area contributed by atoms with Crippen molar-refractivity contribution in [2.24, 2.45) is 0 Å². The lowest BCUT2D eigenvalue weighted by molar-refractivity contribution is -0.116. The van der Waals surface area contributed by atoms with Crippen molar-refractivity contribution in [1.29, 1.82) is 5.26 Å². The summed E-state index contributed by atoms with van der Waals surface area (Å²) in [5, 5.41) is 20.4. The summed E-state index contributed by atoms with van der Waals surface area (Å²) in [6.07, 6.45) is 1.58. The zero-order valence-electron chi connectivity index (χ0n) is 28.8. The minimum absolute atomic E-state index is 0.0287. The second kappa shape index (κ2) is 17.2. The number of rotatable bonds is 12. The molecule has 0 fully saturated rings. The highest BCUT2D eigenvalue weighted by Crippen LogP contribution is 2.40. The normalized spacial score (nSPS) is 11.5. The quantitative estimate of drug-likeness (QED) is 0.0851. The number of hydrogen-bond acceptors (Lipinski definition) is 7. The summed E-state index contributed by atoms with van der Waals surface area (Å²) in [6, 6.07) is 42.5. The van der Waals surface area contributed by atoms with Gasteiger partial charge in [0.1, 0.15) is 27.8 Å². The highest BCUT2D eigenvalue weighted by molar-refractivity contribution is 8.00. The number of anilines is 2. The van der Waals surface area contributed by atoms with Crippen LogP contribution in [0.4, 0.5) is 10.7 Å². The Morgan fingerprint density at radius 3 is 2.26 bits per heavy atom. The van der Waals surface area contributed by atoms with Gasteiger partial charge in [-0.25, -0.2) is 0 Å². The number of ether oxygens (including phenoxy) is 1. The van der Waals surface area contributed by atoms with Crippen molar-refractivity contribution in [2.45, 2.75) is 17.1 Å². The lowest BCUT2D eigenvalue weighted by Crippen LogP contribution is -2.30. The summed E-state index contributed by atoms with van der Waals surface area (Å²) in [5.74, 6) is -0.671. The third-order valence-electron chi connectivity index (χ3n) is 8.12. The van der Waals surface area contributed by atoms with Crippen LogP contribution in [0, 0.1) is 18.3 Å². The second-order valence-electron chi connectivity index (χ2n) is 11.9. The van der Waals surface area contributed by atoms with E-state index >= 15 is 0 Å². The third kappa shape index (κ3) is 9.28. The molecule has 0 aliphatic rings. The van der Waals surface area contributed by atoms with Crippen LogP contribution < -0.4 is 20.7 Å². The van der Waals surface area contributed by atoms with Crippen molar-refractivity contribution in [3.8, 4) is 22.9 Å². The van der Waals surface area contributed by atoms with Gasteiger partial charge < -0.3 is 20.7 Å². The molecule has 262 valence electrons. The van der Waals surface area contributed by atoms with Gasteiger partial charge in [0.05, 0.1) is 12.7 Å². The van der Waals surface area contributed by atoms with E-state index in [2.05, 4.69) is 22.0 Å². The van der Waals surface area contributed by atoms with E-state index < -0.39 is 17.1 Å². The first-order valence-electron chi connectivity index (χ1n) is 16.6. The standard InChI is InChI=1S/C43H34N4O4S2/c1-28-19-21-30(22-20-28)37-27-52-43(36(37)26-44)47-42(50)39(31-12-5-3-6-13-31)53-35-18-10-16-33(25-35)45-41(49)38(24-29-11-9-17-34(23-29)51-2)46-40(48)32-14-7-4-8-15-32/h3-25,27,39H,1-2H3,(H,45,49)(H,46,48)(H,47,50)/b38-24-. The van der Waals surface area contributed by atoms with Gasteiger partial charge in [-0.2, -0.15) is 5.26 Å². The fraction of sp³-hybridized carbons (Fsp3) is 0.0698. The zero-order valence-corrected chi connectivity index (χ0v) is 30.5. The molecule has 0 radical (unpaired) electrons. The highest BCUT2D eigenvalue weighted by Gasteiger charge is 2.25. The molecule has 6 rings (SSSR count). The Bertz CT molecular complexity index is 2310. The Labute approximate surface area is 316 Å². The van der Waals surface area contributed by atoms with Gasteiger partial charge in [-0.3, -0.25) is 14.4 Å². The summed E-state index contributed by atoms with van der Waals surface area (Å²) in [5.41, 5.74) is 5.50. The number of thiophene rings is 1. The van der Waals surface area contributed by atoms with Crippen LogP contribution in [0.25, 0.3) is 17.2 Å². The van der Waals surface area contributed by atoms with E-state index in [-0.39, 0.29) is 11.6 Å². The van der Waals surface area contributed by atoms with Crippen LogP contribution >= 0.6 is 23.1 Å². The SMILES string of the molecule is COc1cccc(/C=C(\NC(=O)c2ccccc2)C(=O)Nc2cccc(SC(C(=O)Nc3scc(-c4ccc(C)cc4)c3C#N)c3ccccc3)c2)c1. The summed E-state index contributed by atoms with van der Waals surface area (Å²) in [7, 11) is 1.55. The van der Waals surface area contributed by atoms with Crippen molar-refractivity contribution >= 4 is 57.6 Å². The molecule has 0 spiro atoms. The molecule has 1 heterocycles. The van der Waals surface area contributed by atoms with Crippen LogP contribution in [0.1, 0.15) is 37.9 Å². The molecule has 1 atom stereocenters. The molecule has 3 amide bonds. The number of carbonyl (C=O) groups is 3. The number of nitrogens with zero attached hydrogens (tertiary/aromatic N) is 1. The molecule has 0 aliphatic heterocycles. The average molecular weight is 735 g/mol. The smallest absolute Gasteiger partial charge is 0.272 e. The number of hydrogen-bond donors (Lipinski definition) is 3. The van der Waals surface area contributed by atoms with E-state index in [4.69, 9.17) is 4.74 Å². The van der Waals surface area contributed by atoms with E-state index in [0.717, 1.165) is 22.3 Å². The Morgan fingerprint density at radius 2 is 1.55 bits per heavy atom. The molecule has 0 saturated carbocycles. The van der Waals surface area contributed by atoms with Crippen LogP contribution in [0.15, 0.2) is 149 Å². The van der Waals surface area contributed by atoms with Crippen molar-refractivity contribution in [3.63, 3.8) is 0 Å². The number of benzene rings is 5. The molecule has 3 N–H and O–H groups in total. The largest absolute Gasteiger partial charge is 0.497 e. The fourth-order valence-corrected chi connectivity index (χ4v) is 7.41. The van der Waals surface area contributed by atoms with Crippen LogP contribution in [0.5, 0.6) is 5.75 Å². The lowest BCUT2D eigenvalue weighted by atomic mass is 10.0. The van der Waals surface area contributed by atoms with Crippen molar-refractivity contribution in [3.05, 3.63) is 172 Å². The monoisotopic (exact) mass is 734 g/mol. The molecule has 1 aromatic heterocycles. The van der Waals surface area contributed by atoms with E-state index in [0.29, 0.717) is 38.0 Å². The Balaban J connectivity index is 1.24. The van der Waals surface area contributed by atoms with Crippen LogP contribution in [0.3, 0.4) is 0 Å². The Morgan fingerprint density at radius 1 is 0.830 bits per heavy atom. The highest BCUT2D eigenvalue weighted by atomic mass is 32.2. The molecule has 0 bridgehead atoms. The van der Waals surface area contributed by atoms with Crippen LogP contribution in [0.2, 0.25) is 0 Å². The molecule has 6 aromatic rings. The van der Waals surface area contributed by atoms with Gasteiger partial charge >= 0.3 is 0 Å². The topological polar surface area (TPSA) is 120 Å². The molecular formula is C43H34N4O4S2. The van der Waals surface area contributed by atoms with Gasteiger partial charge in [0.15, 0.2) is 0 Å². The Kier molecular flexibility index (Phi) is 11.8. The molecule has 0 aliphatic carbocycles. The van der Waals surface area contributed by atoms with Gasteiger partial charge in [0.25, 0.3) is 11.8 Å². The number of nitriles is 1. The van der Waals surface area contributed by atoms with Gasteiger partial charge in [-0.1, -0.05) is 96.6 Å². The van der Waals surface area contributed by atoms with Crippen LogP contribution in [-0.2, 0) is 9.59 Å². The second-order valence-corrected chi connectivity index (χ2v) is 13.9. The number of aryl methyl sites for hydroxylation is 1. The van der Waals surface area contributed by atoms with Crippen molar-refractivity contribution in [2.75, 3.05) is 17.7 Å². The molecule has 1 unspecified atom stereocenters. The van der Waals surface area contributed by atoms with Crippen molar-refractivity contribution in [1.82, 2.24) is 5.32 Å².